The lowest BCUT2D eigenvalue weighted by Gasteiger charge is -2.32. The number of aromatic amines is 1. The molecule has 8 nitrogen and oxygen atoms in total. The minimum Gasteiger partial charge on any atom is -0.361 e. The van der Waals surface area contributed by atoms with E-state index in [1.54, 1.807) is 29.1 Å². The smallest absolute Gasteiger partial charge is 0.276 e. The molecule has 1 aliphatic heterocycles. The molecular weight excluding hydrogens is 406 g/mol. The molecule has 0 unspecified atom stereocenters. The first kappa shape index (κ1) is 21.8. The van der Waals surface area contributed by atoms with Gasteiger partial charge in [0.25, 0.3) is 11.8 Å². The van der Waals surface area contributed by atoms with Gasteiger partial charge in [-0.1, -0.05) is 42.4 Å². The number of rotatable bonds is 7. The molecule has 3 heterocycles. The quantitative estimate of drug-likeness (QED) is 0.611. The topological polar surface area (TPSA) is 95.3 Å². The molecule has 2 amide bonds. The summed E-state index contributed by atoms with van der Waals surface area (Å²) in [6, 6.07) is 11.6. The lowest BCUT2D eigenvalue weighted by Crippen LogP contribution is -2.40. The third kappa shape index (κ3) is 4.74. The van der Waals surface area contributed by atoms with E-state index in [9.17, 15) is 9.59 Å². The number of carbonyl (C=O) groups is 2. The molecule has 1 atom stereocenters. The Morgan fingerprint density at radius 2 is 2.09 bits per heavy atom. The molecule has 1 N–H and O–H groups in total. The average molecular weight is 436 g/mol. The van der Waals surface area contributed by atoms with E-state index in [0.717, 1.165) is 42.7 Å². The fraction of sp³-hybridized carbons (Fsp3) is 0.417. The summed E-state index contributed by atoms with van der Waals surface area (Å²) in [7, 11) is 1.79. The number of H-pyrrole nitrogens is 1. The van der Waals surface area contributed by atoms with Crippen LogP contribution in [0.1, 0.15) is 70.0 Å². The Hall–Kier alpha value is -3.42. The van der Waals surface area contributed by atoms with Gasteiger partial charge in [-0.05, 0) is 24.8 Å². The molecular formula is C24H29N5O3. The summed E-state index contributed by atoms with van der Waals surface area (Å²) in [5.41, 5.74) is 2.77. The fourth-order valence-corrected chi connectivity index (χ4v) is 4.25. The molecule has 0 radical (unpaired) electrons. The molecule has 0 saturated carbocycles. The third-order valence-electron chi connectivity index (χ3n) is 5.90. The maximum Gasteiger partial charge on any atom is 0.276 e. The second-order valence-corrected chi connectivity index (χ2v) is 8.36. The van der Waals surface area contributed by atoms with E-state index in [4.69, 9.17) is 4.52 Å². The number of nitrogens with zero attached hydrogens (tertiary/aromatic N) is 4. The molecule has 0 spiro atoms. The maximum atomic E-state index is 13.1. The Kier molecular flexibility index (Phi) is 6.68. The Morgan fingerprint density at radius 3 is 2.88 bits per heavy atom. The summed E-state index contributed by atoms with van der Waals surface area (Å²) in [4.78, 5) is 29.6. The molecule has 0 bridgehead atoms. The second kappa shape index (κ2) is 9.80. The van der Waals surface area contributed by atoms with Gasteiger partial charge >= 0.3 is 0 Å². The number of aromatic nitrogens is 3. The molecule has 3 aromatic rings. The summed E-state index contributed by atoms with van der Waals surface area (Å²) < 4.78 is 5.28. The highest BCUT2D eigenvalue weighted by Crippen LogP contribution is 2.29. The van der Waals surface area contributed by atoms with Crippen LogP contribution < -0.4 is 0 Å². The molecule has 0 aliphatic carbocycles. The minimum atomic E-state index is -0.130. The van der Waals surface area contributed by atoms with Crippen LogP contribution in [0.25, 0.3) is 0 Å². The molecule has 1 saturated heterocycles. The molecule has 1 aromatic carbocycles. The first-order valence-corrected chi connectivity index (χ1v) is 11.1. The van der Waals surface area contributed by atoms with Gasteiger partial charge in [-0.2, -0.15) is 5.10 Å². The Morgan fingerprint density at radius 1 is 1.28 bits per heavy atom. The van der Waals surface area contributed by atoms with Crippen LogP contribution in [0.2, 0.25) is 0 Å². The summed E-state index contributed by atoms with van der Waals surface area (Å²) in [5, 5.41) is 11.1. The first-order valence-electron chi connectivity index (χ1n) is 11.1. The zero-order valence-electron chi connectivity index (χ0n) is 18.6. The number of hydrogen-bond donors (Lipinski definition) is 1. The van der Waals surface area contributed by atoms with Gasteiger partial charge in [0.15, 0.2) is 5.69 Å². The number of likely N-dealkylation sites (tertiary alicyclic amines) is 1. The predicted molar refractivity (Wildman–Crippen MR) is 119 cm³/mol. The van der Waals surface area contributed by atoms with E-state index in [2.05, 4.69) is 22.3 Å². The van der Waals surface area contributed by atoms with Crippen molar-refractivity contribution in [2.75, 3.05) is 20.1 Å². The van der Waals surface area contributed by atoms with Crippen LogP contribution in [0.15, 0.2) is 47.1 Å². The third-order valence-corrected chi connectivity index (χ3v) is 5.90. The van der Waals surface area contributed by atoms with Gasteiger partial charge < -0.3 is 14.3 Å². The normalized spacial score (nSPS) is 16.2. The molecule has 168 valence electrons. The summed E-state index contributed by atoms with van der Waals surface area (Å²) >= 11 is 0. The van der Waals surface area contributed by atoms with Crippen molar-refractivity contribution in [3.63, 3.8) is 0 Å². The van der Waals surface area contributed by atoms with Crippen molar-refractivity contribution >= 4 is 11.8 Å². The van der Waals surface area contributed by atoms with Crippen LogP contribution in [0, 0.1) is 0 Å². The monoisotopic (exact) mass is 435 g/mol. The van der Waals surface area contributed by atoms with Gasteiger partial charge in [0.2, 0.25) is 0 Å². The standard InChI is InChI=1S/C24H29N5O3/c1-3-8-19-13-21(27-32-19)24(31)29-12-7-11-18(16-29)22-20(14-25-26-22)23(30)28(2)15-17-9-5-4-6-10-17/h4-6,9-10,13-14,18H,3,7-8,11-12,15-16H2,1-2H3,(H,25,26)/t18-/m0/s1. The van der Waals surface area contributed by atoms with Crippen molar-refractivity contribution in [3.05, 3.63) is 70.9 Å². The van der Waals surface area contributed by atoms with E-state index in [0.29, 0.717) is 30.9 Å². The van der Waals surface area contributed by atoms with Crippen molar-refractivity contribution in [2.45, 2.75) is 45.1 Å². The highest BCUT2D eigenvalue weighted by atomic mass is 16.5. The van der Waals surface area contributed by atoms with Gasteiger partial charge in [0, 0.05) is 45.1 Å². The zero-order chi connectivity index (χ0) is 22.5. The average Bonchev–Trinajstić information content (AvgIpc) is 3.49. The highest BCUT2D eigenvalue weighted by Gasteiger charge is 2.31. The number of nitrogens with one attached hydrogen (secondary N) is 1. The van der Waals surface area contributed by atoms with E-state index in [-0.39, 0.29) is 17.7 Å². The molecule has 1 aliphatic rings. The van der Waals surface area contributed by atoms with E-state index >= 15 is 0 Å². The molecule has 32 heavy (non-hydrogen) atoms. The van der Waals surface area contributed by atoms with E-state index in [1.807, 2.05) is 30.3 Å². The number of aryl methyl sites for hydroxylation is 1. The van der Waals surface area contributed by atoms with Crippen LogP contribution in [-0.4, -0.2) is 57.1 Å². The van der Waals surface area contributed by atoms with Crippen LogP contribution in [0.5, 0.6) is 0 Å². The lowest BCUT2D eigenvalue weighted by atomic mass is 9.92. The van der Waals surface area contributed by atoms with Crippen LogP contribution in [-0.2, 0) is 13.0 Å². The van der Waals surface area contributed by atoms with Crippen molar-refractivity contribution in [1.82, 2.24) is 25.2 Å². The number of hydrogen-bond acceptors (Lipinski definition) is 5. The van der Waals surface area contributed by atoms with Crippen molar-refractivity contribution in [2.24, 2.45) is 0 Å². The number of benzene rings is 1. The van der Waals surface area contributed by atoms with Crippen molar-refractivity contribution in [1.29, 1.82) is 0 Å². The van der Waals surface area contributed by atoms with E-state index < -0.39 is 0 Å². The van der Waals surface area contributed by atoms with Gasteiger partial charge in [0.1, 0.15) is 5.76 Å². The highest BCUT2D eigenvalue weighted by molar-refractivity contribution is 5.95. The maximum absolute atomic E-state index is 13.1. The summed E-state index contributed by atoms with van der Waals surface area (Å²) in [5.74, 6) is 0.532. The van der Waals surface area contributed by atoms with Gasteiger partial charge in [0.05, 0.1) is 17.5 Å². The second-order valence-electron chi connectivity index (χ2n) is 8.36. The van der Waals surface area contributed by atoms with Crippen LogP contribution in [0.4, 0.5) is 0 Å². The first-order chi connectivity index (χ1) is 15.6. The Labute approximate surface area is 187 Å². The van der Waals surface area contributed by atoms with E-state index in [1.165, 1.54) is 0 Å². The number of piperidine rings is 1. The predicted octanol–water partition coefficient (Wildman–Crippen LogP) is 3.64. The van der Waals surface area contributed by atoms with Crippen molar-refractivity contribution < 1.29 is 14.1 Å². The summed E-state index contributed by atoms with van der Waals surface area (Å²) in [6.45, 7) is 3.75. The zero-order valence-corrected chi connectivity index (χ0v) is 18.6. The molecule has 2 aromatic heterocycles. The number of carbonyl (C=O) groups excluding carboxylic acids is 2. The SMILES string of the molecule is CCCc1cc(C(=O)N2CCC[C@H](c3[nH]ncc3C(=O)N(C)Cc3ccccc3)C2)no1. The fourth-order valence-electron chi connectivity index (χ4n) is 4.25. The molecule has 1 fully saturated rings. The van der Waals surface area contributed by atoms with Crippen LogP contribution in [0.3, 0.4) is 0 Å². The molecule has 4 rings (SSSR count). The van der Waals surface area contributed by atoms with Crippen molar-refractivity contribution in [3.8, 4) is 0 Å². The Bertz CT molecular complexity index is 1060. The van der Waals surface area contributed by atoms with Gasteiger partial charge in [-0.3, -0.25) is 14.7 Å². The minimum absolute atomic E-state index is 0.0151. The van der Waals surface area contributed by atoms with Crippen LogP contribution >= 0.6 is 0 Å². The van der Waals surface area contributed by atoms with Gasteiger partial charge in [-0.25, -0.2) is 0 Å². The molecule has 8 heteroatoms. The largest absolute Gasteiger partial charge is 0.361 e. The Balaban J connectivity index is 1.45. The number of amides is 2. The van der Waals surface area contributed by atoms with Gasteiger partial charge in [-0.15, -0.1) is 0 Å². The summed E-state index contributed by atoms with van der Waals surface area (Å²) in [6.07, 6.45) is 5.02. The lowest BCUT2D eigenvalue weighted by molar-refractivity contribution is 0.0694.